The van der Waals surface area contributed by atoms with Gasteiger partial charge in [-0.3, -0.25) is 4.79 Å². The molecule has 0 aromatic heterocycles. The highest BCUT2D eigenvalue weighted by Crippen LogP contribution is 2.33. The van der Waals surface area contributed by atoms with E-state index in [-0.39, 0.29) is 11.7 Å². The zero-order valence-electron chi connectivity index (χ0n) is 11.0. The second-order valence-corrected chi connectivity index (χ2v) is 6.06. The molecule has 1 amide bonds. The third-order valence-electron chi connectivity index (χ3n) is 3.11. The number of anilines is 2. The minimum absolute atomic E-state index is 0.00577. The smallest absolute Gasteiger partial charge is 0.234 e. The maximum Gasteiger partial charge on any atom is 0.234 e. The van der Waals surface area contributed by atoms with Gasteiger partial charge < -0.3 is 10.6 Å². The van der Waals surface area contributed by atoms with Crippen LogP contribution >= 0.6 is 23.4 Å². The van der Waals surface area contributed by atoms with Gasteiger partial charge in [0, 0.05) is 22.2 Å². The third-order valence-corrected chi connectivity index (χ3v) is 4.54. The molecule has 0 fully saturated rings. The van der Waals surface area contributed by atoms with E-state index in [4.69, 9.17) is 11.6 Å². The number of benzene rings is 2. The summed E-state index contributed by atoms with van der Waals surface area (Å²) in [4.78, 5) is 12.4. The molecular weight excluding hydrogens is 311 g/mol. The molecule has 1 aliphatic rings. The van der Waals surface area contributed by atoms with E-state index in [0.717, 1.165) is 21.8 Å². The summed E-state index contributed by atoms with van der Waals surface area (Å²) < 4.78 is 13.0. The minimum Gasteiger partial charge on any atom is -0.381 e. The molecule has 1 aliphatic heterocycles. The van der Waals surface area contributed by atoms with E-state index >= 15 is 0 Å². The maximum atomic E-state index is 13.0. The van der Waals surface area contributed by atoms with Crippen molar-refractivity contribution in [2.75, 3.05) is 16.4 Å². The van der Waals surface area contributed by atoms with Gasteiger partial charge in [-0.25, -0.2) is 4.39 Å². The molecule has 0 aliphatic carbocycles. The second kappa shape index (κ2) is 5.95. The Morgan fingerprint density at radius 2 is 2.14 bits per heavy atom. The highest BCUT2D eigenvalue weighted by atomic mass is 35.5. The molecule has 0 unspecified atom stereocenters. The van der Waals surface area contributed by atoms with Gasteiger partial charge in [0.15, 0.2) is 0 Å². The highest BCUT2D eigenvalue weighted by Gasteiger charge is 2.15. The number of fused-ring (bicyclic) bond motifs is 1. The van der Waals surface area contributed by atoms with Crippen LogP contribution in [0.2, 0.25) is 5.02 Å². The number of hydrogen-bond acceptors (Lipinski definition) is 3. The first kappa shape index (κ1) is 14.2. The molecule has 2 aromatic carbocycles. The first-order valence-corrected chi connectivity index (χ1v) is 7.73. The van der Waals surface area contributed by atoms with Crippen LogP contribution in [0.15, 0.2) is 41.3 Å². The molecule has 6 heteroatoms. The van der Waals surface area contributed by atoms with E-state index in [9.17, 15) is 9.18 Å². The molecular formula is C15H12ClFN2OS. The normalized spacial score (nSPS) is 13.5. The Kier molecular flexibility index (Phi) is 4.03. The summed E-state index contributed by atoms with van der Waals surface area (Å²) in [6.07, 6.45) is 0. The SMILES string of the molecule is O=C1CSc2ccc(NCc3ccc(F)cc3Cl)cc2N1. The van der Waals surface area contributed by atoms with Gasteiger partial charge in [-0.05, 0) is 35.9 Å². The lowest BCUT2D eigenvalue weighted by atomic mass is 10.2. The van der Waals surface area contributed by atoms with Crippen molar-refractivity contribution in [2.24, 2.45) is 0 Å². The van der Waals surface area contributed by atoms with Crippen LogP contribution in [-0.4, -0.2) is 11.7 Å². The van der Waals surface area contributed by atoms with Crippen molar-refractivity contribution < 1.29 is 9.18 Å². The van der Waals surface area contributed by atoms with Crippen molar-refractivity contribution >= 4 is 40.6 Å². The molecule has 108 valence electrons. The van der Waals surface area contributed by atoms with E-state index in [2.05, 4.69) is 10.6 Å². The average Bonchev–Trinajstić information content (AvgIpc) is 2.46. The van der Waals surface area contributed by atoms with E-state index in [1.54, 1.807) is 6.07 Å². The molecule has 3 nitrogen and oxygen atoms in total. The van der Waals surface area contributed by atoms with Crippen molar-refractivity contribution in [3.05, 3.63) is 52.8 Å². The standard InChI is InChI=1S/C15H12ClFN2OS/c16-12-5-10(17)2-1-9(12)7-18-11-3-4-14-13(6-11)19-15(20)8-21-14/h1-6,18H,7-8H2,(H,19,20). The summed E-state index contributed by atoms with van der Waals surface area (Å²) in [5.41, 5.74) is 2.50. The summed E-state index contributed by atoms with van der Waals surface area (Å²) >= 11 is 7.51. The number of carbonyl (C=O) groups excluding carboxylic acids is 1. The van der Waals surface area contributed by atoms with E-state index < -0.39 is 0 Å². The van der Waals surface area contributed by atoms with Crippen molar-refractivity contribution in [2.45, 2.75) is 11.4 Å². The number of rotatable bonds is 3. The molecule has 0 bridgehead atoms. The number of nitrogens with one attached hydrogen (secondary N) is 2. The molecule has 0 atom stereocenters. The van der Waals surface area contributed by atoms with Gasteiger partial charge in [0.25, 0.3) is 0 Å². The van der Waals surface area contributed by atoms with Crippen LogP contribution in [0.1, 0.15) is 5.56 Å². The van der Waals surface area contributed by atoms with Gasteiger partial charge in [-0.2, -0.15) is 0 Å². The van der Waals surface area contributed by atoms with Crippen molar-refractivity contribution in [3.63, 3.8) is 0 Å². The summed E-state index contributed by atoms with van der Waals surface area (Å²) in [6.45, 7) is 0.485. The van der Waals surface area contributed by atoms with E-state index in [0.29, 0.717) is 17.3 Å². The Bertz CT molecular complexity index is 708. The Hall–Kier alpha value is -1.72. The van der Waals surface area contributed by atoms with Crippen LogP contribution in [0, 0.1) is 5.82 Å². The summed E-state index contributed by atoms with van der Waals surface area (Å²) in [5, 5.41) is 6.45. The van der Waals surface area contributed by atoms with E-state index in [1.807, 2.05) is 18.2 Å². The van der Waals surface area contributed by atoms with Crippen LogP contribution < -0.4 is 10.6 Å². The Balaban J connectivity index is 1.73. The fourth-order valence-corrected chi connectivity index (χ4v) is 3.08. The average molecular weight is 323 g/mol. The van der Waals surface area contributed by atoms with Gasteiger partial charge in [-0.15, -0.1) is 11.8 Å². The van der Waals surface area contributed by atoms with Gasteiger partial charge in [0.2, 0.25) is 5.91 Å². The number of carbonyl (C=O) groups is 1. The summed E-state index contributed by atoms with van der Waals surface area (Å²) in [5.74, 6) is 0.105. The fourth-order valence-electron chi connectivity index (χ4n) is 2.06. The number of amides is 1. The predicted octanol–water partition coefficient (Wildman–Crippen LogP) is 4.14. The zero-order chi connectivity index (χ0) is 14.8. The second-order valence-electron chi connectivity index (χ2n) is 4.64. The van der Waals surface area contributed by atoms with E-state index in [1.165, 1.54) is 23.9 Å². The van der Waals surface area contributed by atoms with Crippen LogP contribution in [0.5, 0.6) is 0 Å². The number of thioether (sulfide) groups is 1. The molecule has 0 radical (unpaired) electrons. The number of hydrogen-bond donors (Lipinski definition) is 2. The fraction of sp³-hybridized carbons (Fsp3) is 0.133. The largest absolute Gasteiger partial charge is 0.381 e. The number of halogens is 2. The Morgan fingerprint density at radius 1 is 1.29 bits per heavy atom. The Labute approximate surface area is 130 Å². The molecule has 21 heavy (non-hydrogen) atoms. The lowest BCUT2D eigenvalue weighted by Crippen LogP contribution is -2.18. The third kappa shape index (κ3) is 3.31. The Morgan fingerprint density at radius 3 is 2.95 bits per heavy atom. The van der Waals surface area contributed by atoms with Crippen LogP contribution in [-0.2, 0) is 11.3 Å². The van der Waals surface area contributed by atoms with Gasteiger partial charge in [0.05, 0.1) is 11.4 Å². The topological polar surface area (TPSA) is 41.1 Å². The summed E-state index contributed by atoms with van der Waals surface area (Å²) in [7, 11) is 0. The lowest BCUT2D eigenvalue weighted by molar-refractivity contribution is -0.113. The molecule has 2 aromatic rings. The summed E-state index contributed by atoms with van der Waals surface area (Å²) in [6, 6.07) is 10.1. The van der Waals surface area contributed by atoms with Crippen LogP contribution in [0.4, 0.5) is 15.8 Å². The van der Waals surface area contributed by atoms with Gasteiger partial charge in [0.1, 0.15) is 5.82 Å². The van der Waals surface area contributed by atoms with Crippen molar-refractivity contribution in [1.82, 2.24) is 0 Å². The first-order valence-electron chi connectivity index (χ1n) is 6.36. The maximum absolute atomic E-state index is 13.0. The molecule has 2 N–H and O–H groups in total. The first-order chi connectivity index (χ1) is 10.1. The predicted molar refractivity (Wildman–Crippen MR) is 84.5 cm³/mol. The minimum atomic E-state index is -0.350. The van der Waals surface area contributed by atoms with Crippen LogP contribution in [0.25, 0.3) is 0 Å². The molecule has 0 spiro atoms. The van der Waals surface area contributed by atoms with Crippen LogP contribution in [0.3, 0.4) is 0 Å². The van der Waals surface area contributed by atoms with Crippen molar-refractivity contribution in [3.8, 4) is 0 Å². The van der Waals surface area contributed by atoms with Gasteiger partial charge >= 0.3 is 0 Å². The molecule has 0 saturated carbocycles. The van der Waals surface area contributed by atoms with Gasteiger partial charge in [-0.1, -0.05) is 17.7 Å². The molecule has 3 rings (SSSR count). The zero-order valence-corrected chi connectivity index (χ0v) is 12.5. The monoisotopic (exact) mass is 322 g/mol. The highest BCUT2D eigenvalue weighted by molar-refractivity contribution is 8.00. The quantitative estimate of drug-likeness (QED) is 0.892. The van der Waals surface area contributed by atoms with Crippen molar-refractivity contribution in [1.29, 1.82) is 0 Å². The molecule has 1 heterocycles. The molecule has 0 saturated heterocycles. The lowest BCUT2D eigenvalue weighted by Gasteiger charge is -2.17.